The highest BCUT2D eigenvalue weighted by Gasteiger charge is 2.62. The van der Waals surface area contributed by atoms with Crippen LogP contribution in [0.2, 0.25) is 0 Å². The first kappa shape index (κ1) is 16.4. The van der Waals surface area contributed by atoms with Crippen molar-refractivity contribution < 1.29 is 19.5 Å². The van der Waals surface area contributed by atoms with Gasteiger partial charge in [-0.15, -0.1) is 17.9 Å². The van der Waals surface area contributed by atoms with Gasteiger partial charge in [0.1, 0.15) is 11.1 Å². The number of amides is 2. The molecule has 2 N–H and O–H groups in total. The zero-order chi connectivity index (χ0) is 17.5. The summed E-state index contributed by atoms with van der Waals surface area (Å²) in [5.41, 5.74) is -0.988. The molecule has 0 unspecified atom stereocenters. The van der Waals surface area contributed by atoms with E-state index in [0.29, 0.717) is 11.7 Å². The van der Waals surface area contributed by atoms with Crippen molar-refractivity contribution in [3.8, 4) is 0 Å². The minimum atomic E-state index is -1.25. The third-order valence-electron chi connectivity index (χ3n) is 4.63. The molecule has 3 rings (SSSR count). The number of likely N-dealkylation sites (tertiary alicyclic amines) is 2. The molecule has 2 aliphatic heterocycles. The van der Waals surface area contributed by atoms with Crippen molar-refractivity contribution in [2.24, 2.45) is 11.3 Å². The molecule has 0 aromatic carbocycles. The molecule has 0 spiro atoms. The first-order valence-corrected chi connectivity index (χ1v) is 8.36. The van der Waals surface area contributed by atoms with Gasteiger partial charge in [-0.05, 0) is 0 Å². The number of hydrogen-bond donors (Lipinski definition) is 2. The molecule has 2 fully saturated rings. The highest BCUT2D eigenvalue weighted by molar-refractivity contribution is 7.13. The predicted molar refractivity (Wildman–Crippen MR) is 87.9 cm³/mol. The summed E-state index contributed by atoms with van der Waals surface area (Å²) < 4.78 is 0. The molecule has 1 aromatic heterocycles. The van der Waals surface area contributed by atoms with Crippen molar-refractivity contribution in [1.29, 1.82) is 0 Å². The number of aliphatic carboxylic acids is 1. The quantitative estimate of drug-likeness (QED) is 0.743. The smallest absolute Gasteiger partial charge is 0.314 e. The second-order valence-corrected chi connectivity index (χ2v) is 6.85. The lowest BCUT2D eigenvalue weighted by molar-refractivity contribution is -0.149. The summed E-state index contributed by atoms with van der Waals surface area (Å²) in [5, 5.41) is 14.8. The fourth-order valence-electron chi connectivity index (χ4n) is 3.42. The molecule has 128 valence electrons. The van der Waals surface area contributed by atoms with Crippen LogP contribution in [0, 0.1) is 11.3 Å². The number of hydrogen-bond acceptors (Lipinski definition) is 6. The average molecular weight is 350 g/mol. The van der Waals surface area contributed by atoms with E-state index in [2.05, 4.69) is 16.9 Å². The van der Waals surface area contributed by atoms with Crippen LogP contribution in [0.25, 0.3) is 0 Å². The lowest BCUT2D eigenvalue weighted by Crippen LogP contribution is -2.42. The van der Waals surface area contributed by atoms with Crippen LogP contribution >= 0.6 is 11.3 Å². The second-order valence-electron chi connectivity index (χ2n) is 5.99. The number of anilines is 1. The number of carbonyl (C=O) groups is 3. The van der Waals surface area contributed by atoms with Gasteiger partial charge in [0.05, 0.1) is 5.92 Å². The minimum Gasteiger partial charge on any atom is -0.481 e. The molecule has 0 bridgehead atoms. The number of carboxylic acid groups (broad SMARTS) is 1. The lowest BCUT2D eigenvalue weighted by atomic mass is 9.81. The lowest BCUT2D eigenvalue weighted by Gasteiger charge is -2.24. The predicted octanol–water partition coefficient (Wildman–Crippen LogP) is 0.356. The first-order chi connectivity index (χ1) is 11.4. The van der Waals surface area contributed by atoms with Gasteiger partial charge in [0, 0.05) is 38.6 Å². The van der Waals surface area contributed by atoms with Gasteiger partial charge in [0.2, 0.25) is 5.91 Å². The molecule has 9 heteroatoms. The maximum absolute atomic E-state index is 12.6. The highest BCUT2D eigenvalue weighted by Crippen LogP contribution is 2.44. The number of carboxylic acids is 1. The Labute approximate surface area is 142 Å². The minimum absolute atomic E-state index is 0.0115. The molecule has 24 heavy (non-hydrogen) atoms. The first-order valence-electron chi connectivity index (χ1n) is 7.48. The summed E-state index contributed by atoms with van der Waals surface area (Å²) >= 11 is 1.30. The van der Waals surface area contributed by atoms with Gasteiger partial charge in [-0.2, -0.15) is 0 Å². The Morgan fingerprint density at radius 3 is 2.88 bits per heavy atom. The van der Waals surface area contributed by atoms with Crippen LogP contribution in [0.5, 0.6) is 0 Å². The van der Waals surface area contributed by atoms with Crippen LogP contribution in [-0.2, 0) is 9.59 Å². The molecular weight excluding hydrogens is 332 g/mol. The maximum atomic E-state index is 12.6. The number of fused-ring (bicyclic) bond motifs is 1. The molecule has 0 aliphatic carbocycles. The molecule has 8 nitrogen and oxygen atoms in total. The van der Waals surface area contributed by atoms with E-state index in [4.69, 9.17) is 0 Å². The van der Waals surface area contributed by atoms with Gasteiger partial charge in [0.15, 0.2) is 5.13 Å². The SMILES string of the molecule is C=CCN1C[C@@]2(C(=O)O)CN(C(=O)c3csc(NC)n3)C[C@H]2C1=O. The van der Waals surface area contributed by atoms with Gasteiger partial charge < -0.3 is 20.2 Å². The fraction of sp³-hybridized carbons (Fsp3) is 0.467. The maximum Gasteiger partial charge on any atom is 0.314 e. The van der Waals surface area contributed by atoms with E-state index < -0.39 is 17.3 Å². The molecular formula is C15H18N4O4S. The Kier molecular flexibility index (Phi) is 4.04. The number of nitrogens with zero attached hydrogens (tertiary/aromatic N) is 3. The molecule has 2 saturated heterocycles. The Morgan fingerprint density at radius 1 is 1.58 bits per heavy atom. The summed E-state index contributed by atoms with van der Waals surface area (Å²) in [6.07, 6.45) is 1.58. The number of thiazole rings is 1. The second kappa shape index (κ2) is 5.90. The summed E-state index contributed by atoms with van der Waals surface area (Å²) in [6.45, 7) is 4.12. The van der Waals surface area contributed by atoms with Crippen molar-refractivity contribution in [3.63, 3.8) is 0 Å². The standard InChI is InChI=1S/C15H18N4O4S/c1-3-4-18-7-15(13(22)23)8-19(5-9(15)11(18)20)12(21)10-6-24-14(16-2)17-10/h3,6,9H,1,4-5,7-8H2,2H3,(H,16,17)(H,22,23)/t9-,15+/m0/s1. The number of rotatable bonds is 5. The van der Waals surface area contributed by atoms with Crippen molar-refractivity contribution in [2.45, 2.75) is 0 Å². The molecule has 2 aliphatic rings. The Hall–Kier alpha value is -2.42. The highest BCUT2D eigenvalue weighted by atomic mass is 32.1. The van der Waals surface area contributed by atoms with Crippen LogP contribution < -0.4 is 5.32 Å². The Bertz CT molecular complexity index is 718. The third-order valence-corrected chi connectivity index (χ3v) is 5.49. The number of carbonyl (C=O) groups excluding carboxylic acids is 2. The van der Waals surface area contributed by atoms with Crippen LogP contribution in [0.15, 0.2) is 18.0 Å². The zero-order valence-corrected chi connectivity index (χ0v) is 14.0. The fourth-order valence-corrected chi connectivity index (χ4v) is 4.07. The molecule has 2 atom stereocenters. The summed E-state index contributed by atoms with van der Waals surface area (Å²) in [6, 6.07) is 0. The number of nitrogens with one attached hydrogen (secondary N) is 1. The molecule has 0 saturated carbocycles. The summed E-state index contributed by atoms with van der Waals surface area (Å²) in [5.74, 6) is -2.34. The van der Waals surface area contributed by atoms with Crippen molar-refractivity contribution >= 4 is 34.3 Å². The molecule has 0 radical (unpaired) electrons. The number of aromatic nitrogens is 1. The van der Waals surface area contributed by atoms with Gasteiger partial charge >= 0.3 is 5.97 Å². The van der Waals surface area contributed by atoms with Crippen LogP contribution in [0.4, 0.5) is 5.13 Å². The monoisotopic (exact) mass is 350 g/mol. The van der Waals surface area contributed by atoms with Gasteiger partial charge in [-0.1, -0.05) is 6.08 Å². The Morgan fingerprint density at radius 2 is 2.33 bits per heavy atom. The van der Waals surface area contributed by atoms with Gasteiger partial charge in [-0.25, -0.2) is 4.98 Å². The molecule has 3 heterocycles. The van der Waals surface area contributed by atoms with Crippen LogP contribution in [0.1, 0.15) is 10.5 Å². The van der Waals surface area contributed by atoms with Crippen LogP contribution in [0.3, 0.4) is 0 Å². The van der Waals surface area contributed by atoms with E-state index in [-0.39, 0.29) is 37.1 Å². The Balaban J connectivity index is 1.84. The van der Waals surface area contributed by atoms with Gasteiger partial charge in [0.25, 0.3) is 5.91 Å². The van der Waals surface area contributed by atoms with Crippen molar-refractivity contribution in [3.05, 3.63) is 23.7 Å². The summed E-state index contributed by atoms with van der Waals surface area (Å²) in [4.78, 5) is 44.1. The largest absolute Gasteiger partial charge is 0.481 e. The average Bonchev–Trinajstić information content (AvgIpc) is 3.23. The van der Waals surface area contributed by atoms with E-state index >= 15 is 0 Å². The zero-order valence-electron chi connectivity index (χ0n) is 13.2. The van der Waals surface area contributed by atoms with E-state index in [1.54, 1.807) is 18.5 Å². The topological polar surface area (TPSA) is 103 Å². The summed E-state index contributed by atoms with van der Waals surface area (Å²) in [7, 11) is 1.71. The van der Waals surface area contributed by atoms with E-state index in [0.717, 1.165) is 0 Å². The third kappa shape index (κ3) is 2.35. The van der Waals surface area contributed by atoms with Crippen LogP contribution in [-0.4, -0.2) is 70.9 Å². The molecule has 2 amide bonds. The van der Waals surface area contributed by atoms with E-state index in [1.165, 1.54) is 21.1 Å². The normalized spacial score (nSPS) is 25.7. The van der Waals surface area contributed by atoms with Crippen molar-refractivity contribution in [1.82, 2.24) is 14.8 Å². The van der Waals surface area contributed by atoms with E-state index in [1.807, 2.05) is 0 Å². The molecule has 1 aromatic rings. The van der Waals surface area contributed by atoms with E-state index in [9.17, 15) is 19.5 Å². The van der Waals surface area contributed by atoms with Gasteiger partial charge in [-0.3, -0.25) is 14.4 Å². The van der Waals surface area contributed by atoms with Crippen molar-refractivity contribution in [2.75, 3.05) is 38.5 Å².